The maximum atomic E-state index is 12.9. The second-order valence-electron chi connectivity index (χ2n) is 11.5. The van der Waals surface area contributed by atoms with E-state index in [0.29, 0.717) is 85.3 Å². The maximum absolute atomic E-state index is 12.9. The van der Waals surface area contributed by atoms with Crippen LogP contribution in [0.5, 0.6) is 0 Å². The zero-order valence-electron chi connectivity index (χ0n) is 26.7. The molecule has 0 saturated heterocycles. The third kappa shape index (κ3) is 27.6. The van der Waals surface area contributed by atoms with Crippen LogP contribution in [0.3, 0.4) is 0 Å². The first-order valence-corrected chi connectivity index (χ1v) is 14.8. The summed E-state index contributed by atoms with van der Waals surface area (Å²) in [7, 11) is 0. The van der Waals surface area contributed by atoms with E-state index in [4.69, 9.17) is 34.8 Å². The number of hydrogen-bond acceptors (Lipinski definition) is 9. The van der Waals surface area contributed by atoms with Crippen molar-refractivity contribution in [2.75, 3.05) is 79.0 Å². The van der Waals surface area contributed by atoms with Crippen LogP contribution in [0.25, 0.3) is 0 Å². The zero-order valence-corrected chi connectivity index (χ0v) is 26.7. The molecule has 0 aromatic carbocycles. The van der Waals surface area contributed by atoms with Gasteiger partial charge in [0.1, 0.15) is 17.8 Å². The number of terminal acetylenes is 1. The number of nitrogens with one attached hydrogen (secondary N) is 2. The van der Waals surface area contributed by atoms with E-state index >= 15 is 0 Å². The number of hydrogen-bond donors (Lipinski definition) is 2. The van der Waals surface area contributed by atoms with Crippen LogP contribution in [0, 0.1) is 12.3 Å². The number of nitrogens with zero attached hydrogens (tertiary/aromatic N) is 1. The molecule has 0 aliphatic rings. The highest BCUT2D eigenvalue weighted by Gasteiger charge is 2.17. The molecule has 0 aromatic rings. The number of ether oxygens (including phenoxy) is 6. The van der Waals surface area contributed by atoms with Gasteiger partial charge in [-0.25, -0.2) is 9.59 Å². The number of carbonyl (C=O) groups is 3. The number of rotatable bonds is 23. The summed E-state index contributed by atoms with van der Waals surface area (Å²) in [5.74, 6) is 2.38. The third-order valence-corrected chi connectivity index (χ3v) is 5.16. The van der Waals surface area contributed by atoms with Crippen molar-refractivity contribution in [2.45, 2.75) is 84.8 Å². The fourth-order valence-corrected chi connectivity index (χ4v) is 3.33. The van der Waals surface area contributed by atoms with E-state index in [1.165, 1.54) is 0 Å². The molecule has 42 heavy (non-hydrogen) atoms. The molecule has 0 unspecified atom stereocenters. The topological polar surface area (TPSA) is 134 Å². The minimum Gasteiger partial charge on any atom is -0.444 e. The van der Waals surface area contributed by atoms with E-state index in [2.05, 4.69) is 16.6 Å². The highest BCUT2D eigenvalue weighted by Crippen LogP contribution is 2.08. The van der Waals surface area contributed by atoms with Crippen LogP contribution in [-0.4, -0.2) is 113 Å². The van der Waals surface area contributed by atoms with Crippen molar-refractivity contribution in [2.24, 2.45) is 0 Å². The molecule has 0 rings (SSSR count). The molecule has 0 aliphatic heterocycles. The van der Waals surface area contributed by atoms with Gasteiger partial charge in [-0.05, 0) is 67.2 Å². The molecular weight excluding hydrogens is 546 g/mol. The molecule has 0 atom stereocenters. The molecule has 0 saturated carbocycles. The van der Waals surface area contributed by atoms with E-state index in [1.54, 1.807) is 0 Å². The Labute approximate surface area is 252 Å². The number of alkyl carbamates (subject to hydrolysis) is 2. The smallest absolute Gasteiger partial charge is 0.407 e. The highest BCUT2D eigenvalue weighted by atomic mass is 16.6. The molecule has 12 heteroatoms. The van der Waals surface area contributed by atoms with Crippen molar-refractivity contribution in [3.8, 4) is 12.3 Å². The normalized spacial score (nSPS) is 11.5. The summed E-state index contributed by atoms with van der Waals surface area (Å²) in [4.78, 5) is 38.3. The van der Waals surface area contributed by atoms with Crippen LogP contribution in [0.1, 0.15) is 73.6 Å². The van der Waals surface area contributed by atoms with Crippen LogP contribution in [-0.2, 0) is 33.2 Å². The lowest BCUT2D eigenvalue weighted by molar-refractivity contribution is -0.132. The number of unbranched alkanes of at least 4 members (excludes halogenated alkanes) is 2. The molecule has 0 aromatic heterocycles. The summed E-state index contributed by atoms with van der Waals surface area (Å²) < 4.78 is 32.0. The van der Waals surface area contributed by atoms with Gasteiger partial charge in [0.15, 0.2) is 0 Å². The lowest BCUT2D eigenvalue weighted by atomic mass is 10.2. The van der Waals surface area contributed by atoms with Crippen LogP contribution in [0.2, 0.25) is 0 Å². The van der Waals surface area contributed by atoms with Crippen molar-refractivity contribution in [3.63, 3.8) is 0 Å². The molecule has 0 heterocycles. The minimum atomic E-state index is -0.549. The monoisotopic (exact) mass is 601 g/mol. The molecule has 0 bridgehead atoms. The number of carbonyl (C=O) groups excluding carboxylic acids is 3. The average Bonchev–Trinajstić information content (AvgIpc) is 2.87. The zero-order chi connectivity index (χ0) is 31.7. The number of amides is 3. The maximum Gasteiger partial charge on any atom is 0.407 e. The van der Waals surface area contributed by atoms with E-state index in [9.17, 15) is 14.4 Å². The van der Waals surface area contributed by atoms with Gasteiger partial charge in [0.25, 0.3) is 0 Å². The Hall–Kier alpha value is -2.59. The van der Waals surface area contributed by atoms with Gasteiger partial charge in [0.05, 0.1) is 52.7 Å². The fourth-order valence-electron chi connectivity index (χ4n) is 3.33. The lowest BCUT2D eigenvalue weighted by Crippen LogP contribution is -2.36. The predicted octanol–water partition coefficient (Wildman–Crippen LogP) is 3.51. The van der Waals surface area contributed by atoms with Gasteiger partial charge in [-0.3, -0.25) is 4.79 Å². The van der Waals surface area contributed by atoms with Crippen molar-refractivity contribution in [1.29, 1.82) is 0 Å². The van der Waals surface area contributed by atoms with E-state index in [0.717, 1.165) is 12.8 Å². The van der Waals surface area contributed by atoms with Gasteiger partial charge in [0.2, 0.25) is 5.91 Å². The molecule has 3 amide bonds. The molecule has 244 valence electrons. The second kappa shape index (κ2) is 23.9. The SMILES string of the molecule is C#CCOCCOCCOCCOCCC(=O)N(CCCCNC(=O)OC(C)(C)C)CCCCNC(=O)OC(C)(C)C. The Morgan fingerprint density at radius 3 is 1.45 bits per heavy atom. The van der Waals surface area contributed by atoms with Gasteiger partial charge >= 0.3 is 12.2 Å². The molecule has 0 radical (unpaired) electrons. The summed E-state index contributed by atoms with van der Waals surface area (Å²) in [6.45, 7) is 16.1. The summed E-state index contributed by atoms with van der Waals surface area (Å²) in [6, 6.07) is 0. The Morgan fingerprint density at radius 1 is 0.643 bits per heavy atom. The Morgan fingerprint density at radius 2 is 1.05 bits per heavy atom. The Bertz CT molecular complexity index is 735. The van der Waals surface area contributed by atoms with Crippen molar-refractivity contribution in [3.05, 3.63) is 0 Å². The lowest BCUT2D eigenvalue weighted by Gasteiger charge is -2.23. The van der Waals surface area contributed by atoms with Gasteiger partial charge < -0.3 is 44.0 Å². The molecule has 12 nitrogen and oxygen atoms in total. The fraction of sp³-hybridized carbons (Fsp3) is 0.833. The highest BCUT2D eigenvalue weighted by molar-refractivity contribution is 5.76. The van der Waals surface area contributed by atoms with Crippen LogP contribution in [0.4, 0.5) is 9.59 Å². The van der Waals surface area contributed by atoms with Gasteiger partial charge in [-0.1, -0.05) is 5.92 Å². The Balaban J connectivity index is 4.30. The van der Waals surface area contributed by atoms with E-state index in [1.807, 2.05) is 46.4 Å². The quantitative estimate of drug-likeness (QED) is 0.133. The first-order chi connectivity index (χ1) is 19.8. The van der Waals surface area contributed by atoms with Crippen LogP contribution >= 0.6 is 0 Å². The average molecular weight is 602 g/mol. The minimum absolute atomic E-state index is 0.00317. The van der Waals surface area contributed by atoms with Gasteiger partial charge in [0, 0.05) is 26.2 Å². The summed E-state index contributed by atoms with van der Waals surface area (Å²) >= 11 is 0. The summed E-state index contributed by atoms with van der Waals surface area (Å²) in [5.41, 5.74) is -1.10. The predicted molar refractivity (Wildman–Crippen MR) is 160 cm³/mol. The second-order valence-corrected chi connectivity index (χ2v) is 11.5. The van der Waals surface area contributed by atoms with Crippen molar-refractivity contribution >= 4 is 18.1 Å². The van der Waals surface area contributed by atoms with Gasteiger partial charge in [-0.2, -0.15) is 0 Å². The molecule has 2 N–H and O–H groups in total. The molecular formula is C30H55N3O9. The molecule has 0 fully saturated rings. The molecule has 0 spiro atoms. The van der Waals surface area contributed by atoms with E-state index < -0.39 is 23.4 Å². The van der Waals surface area contributed by atoms with Crippen molar-refractivity contribution < 1.29 is 42.8 Å². The first kappa shape index (κ1) is 39.4. The Kier molecular flexibility index (Phi) is 22.4. The van der Waals surface area contributed by atoms with Gasteiger partial charge in [-0.15, -0.1) is 6.42 Å². The first-order valence-electron chi connectivity index (χ1n) is 14.8. The largest absolute Gasteiger partial charge is 0.444 e. The van der Waals surface area contributed by atoms with Crippen LogP contribution < -0.4 is 10.6 Å². The summed E-state index contributed by atoms with van der Waals surface area (Å²) in [6.07, 6.45) is 7.32. The van der Waals surface area contributed by atoms with E-state index in [-0.39, 0.29) is 18.9 Å². The summed E-state index contributed by atoms with van der Waals surface area (Å²) in [5, 5.41) is 5.48. The van der Waals surface area contributed by atoms with Crippen molar-refractivity contribution in [1.82, 2.24) is 15.5 Å². The standard InChI is InChI=1S/C30H55N3O9/c1-8-18-37-20-22-39-24-25-40-23-21-38-19-13-26(34)33(16-11-9-14-31-27(35)41-29(2,3)4)17-12-10-15-32-28(36)42-30(5,6)7/h1H,9-25H2,2-7H3,(H,31,35)(H,32,36). The molecule has 0 aliphatic carbocycles. The third-order valence-electron chi connectivity index (χ3n) is 5.16. The van der Waals surface area contributed by atoms with Crippen LogP contribution in [0.15, 0.2) is 0 Å².